The van der Waals surface area contributed by atoms with E-state index >= 15 is 0 Å². The van der Waals surface area contributed by atoms with Gasteiger partial charge in [0.2, 0.25) is 0 Å². The fourth-order valence-corrected chi connectivity index (χ4v) is 11.4. The number of nitro groups is 1. The molecule has 0 aliphatic carbocycles. The number of nitrogens with zero attached hydrogens (tertiary/aromatic N) is 7. The lowest BCUT2D eigenvalue weighted by Gasteiger charge is -2.26. The second-order valence-corrected chi connectivity index (χ2v) is 21.7. The fourth-order valence-electron chi connectivity index (χ4n) is 10.5. The molecule has 0 unspecified atom stereocenters. The molecule has 2 N–H and O–H groups in total. The van der Waals surface area contributed by atoms with Gasteiger partial charge in [-0.1, -0.05) is 163 Å². The predicted octanol–water partition coefficient (Wildman–Crippen LogP) is 20.6. The van der Waals surface area contributed by atoms with Crippen molar-refractivity contribution in [1.29, 1.82) is 0 Å². The van der Waals surface area contributed by atoms with Crippen LogP contribution in [-0.2, 0) is 6.42 Å². The van der Waals surface area contributed by atoms with Gasteiger partial charge in [-0.25, -0.2) is 24.8 Å². The molecule has 14 rings (SSSR count). The molecule has 428 valence electrons. The summed E-state index contributed by atoms with van der Waals surface area (Å²) in [5, 5.41) is 26.7. The first kappa shape index (κ1) is 59.1. The summed E-state index contributed by atoms with van der Waals surface area (Å²) < 4.78 is 0. The van der Waals surface area contributed by atoms with Crippen LogP contribution in [0.25, 0.3) is 92.1 Å². The van der Waals surface area contributed by atoms with Gasteiger partial charge >= 0.3 is 0 Å². The molecule has 0 atom stereocenters. The van der Waals surface area contributed by atoms with Gasteiger partial charge in [0.1, 0.15) is 0 Å². The zero-order valence-corrected chi connectivity index (χ0v) is 49.9. The van der Waals surface area contributed by atoms with E-state index in [2.05, 4.69) is 110 Å². The predicted molar refractivity (Wildman–Crippen MR) is 367 cm³/mol. The lowest BCUT2D eigenvalue weighted by Crippen LogP contribution is -2.28. The topological polar surface area (TPSA) is 126 Å². The molecular weight excluding hydrogens is 1160 g/mol. The Morgan fingerprint density at radius 2 is 0.793 bits per heavy atom. The van der Waals surface area contributed by atoms with Crippen molar-refractivity contribution in [2.24, 2.45) is 0 Å². The number of hydrogen-bond donors (Lipinski definition) is 2. The first-order valence-corrected chi connectivity index (χ1v) is 30.2. The molecule has 14 aromatic rings. The van der Waals surface area contributed by atoms with Gasteiger partial charge in [-0.3, -0.25) is 10.1 Å². The summed E-state index contributed by atoms with van der Waals surface area (Å²) >= 11 is 24.0. The number of fused-ring (bicyclic) bond motifs is 8. The number of hydrogen-bond acceptors (Lipinski definition) is 9. The molecule has 10 aromatic carbocycles. The molecule has 11 nitrogen and oxygen atoms in total. The standard InChI is InChI=1S/C22H19ClN2.C20H13N3.C17H16Cl2N2.C13H7ClN2O2/c23-15-5-6-16-11-13-17(14-12-16)24-22-18-7-1-3-9-20(18)25-21-10-4-2-8-19(21)22;1-21-14-10-12-15(13-11-14)22-20-16-6-2-4-8-18(16)23-19-9-5-3-7-17(19)20;18-9-11-21(12-10-19)17-13-5-1-3-7-15(13)20-16-8-4-2-6-14(16)17;14-13-9-3-1-2-4-11(9)15-12-7-8(16(17)18)5-6-10(12)13/h1-4,7-14H,5-6,15H2,(H,24,25);2-13H,(H,22,23);1-8H,9-12H2;1-7H. The van der Waals surface area contributed by atoms with Gasteiger partial charge in [-0.05, 0) is 91.2 Å². The van der Waals surface area contributed by atoms with Crippen LogP contribution in [0.5, 0.6) is 0 Å². The number of aromatic nitrogens is 4. The first-order valence-electron chi connectivity index (χ1n) is 28.2. The average Bonchev–Trinajstić information content (AvgIpc) is 3.75. The van der Waals surface area contributed by atoms with Crippen molar-refractivity contribution in [3.63, 3.8) is 0 Å². The van der Waals surface area contributed by atoms with Crippen molar-refractivity contribution in [1.82, 2.24) is 19.9 Å². The highest BCUT2D eigenvalue weighted by Gasteiger charge is 2.16. The van der Waals surface area contributed by atoms with Crippen molar-refractivity contribution >= 4 is 173 Å². The molecule has 0 fully saturated rings. The van der Waals surface area contributed by atoms with Crippen LogP contribution in [0.3, 0.4) is 0 Å². The largest absolute Gasteiger partial charge is 0.368 e. The van der Waals surface area contributed by atoms with Gasteiger partial charge in [0, 0.05) is 97.3 Å². The minimum Gasteiger partial charge on any atom is -0.368 e. The minimum atomic E-state index is -0.440. The molecular formula is C72H55Cl4N9O2. The normalized spacial score (nSPS) is 10.9. The van der Waals surface area contributed by atoms with Crippen LogP contribution in [0, 0.1) is 16.7 Å². The maximum Gasteiger partial charge on any atom is 0.271 e. The molecule has 87 heavy (non-hydrogen) atoms. The van der Waals surface area contributed by atoms with E-state index in [1.807, 2.05) is 133 Å². The quantitative estimate of drug-likeness (QED) is 0.0381. The van der Waals surface area contributed by atoms with Crippen LogP contribution in [0.1, 0.15) is 12.0 Å². The molecule has 0 amide bonds. The monoisotopic (exact) mass is 1220 g/mol. The number of alkyl halides is 3. The second kappa shape index (κ2) is 28.0. The Morgan fingerprint density at radius 3 is 1.20 bits per heavy atom. The lowest BCUT2D eigenvalue weighted by atomic mass is 10.1. The molecule has 0 saturated heterocycles. The summed E-state index contributed by atoms with van der Waals surface area (Å²) in [7, 11) is 0. The van der Waals surface area contributed by atoms with E-state index in [1.54, 1.807) is 6.07 Å². The summed E-state index contributed by atoms with van der Waals surface area (Å²) in [6.07, 6.45) is 2.03. The molecule has 0 saturated carbocycles. The number of pyridine rings is 4. The van der Waals surface area contributed by atoms with Crippen molar-refractivity contribution in [2.75, 3.05) is 46.3 Å². The van der Waals surface area contributed by atoms with E-state index in [1.165, 1.54) is 23.4 Å². The Balaban J connectivity index is 0.000000121. The minimum absolute atomic E-state index is 0.0151. The maximum atomic E-state index is 10.7. The number of nitrogens with one attached hydrogen (secondary N) is 2. The van der Waals surface area contributed by atoms with E-state index in [0.29, 0.717) is 33.9 Å². The molecule has 4 heterocycles. The summed E-state index contributed by atoms with van der Waals surface area (Å²) in [5.41, 5.74) is 14.5. The number of nitro benzene ring substituents is 1. The Hall–Kier alpha value is -9.67. The Kier molecular flexibility index (Phi) is 19.0. The van der Waals surface area contributed by atoms with Gasteiger partial charge in [0.15, 0.2) is 5.69 Å². The lowest BCUT2D eigenvalue weighted by molar-refractivity contribution is -0.384. The number of aryl methyl sites for hydroxylation is 1. The summed E-state index contributed by atoms with van der Waals surface area (Å²) in [4.78, 5) is 34.6. The summed E-state index contributed by atoms with van der Waals surface area (Å²) in [6.45, 7) is 8.59. The molecule has 0 spiro atoms. The molecule has 0 aliphatic rings. The number of anilines is 5. The Morgan fingerprint density at radius 1 is 0.437 bits per heavy atom. The zero-order valence-electron chi connectivity index (χ0n) is 46.9. The second-order valence-electron chi connectivity index (χ2n) is 20.2. The SMILES string of the molecule is ClCCCc1ccc(Nc2c3ccccc3nc3ccccc23)cc1.ClCCN(CCCl)c1c2ccccc2nc2ccccc12.O=[N+]([O-])c1ccc2c(Cl)c3ccccc3nc2c1.[C-]#[N+]c1ccc(Nc2c3ccccc3nc3ccccc23)cc1. The third-order valence-corrected chi connectivity index (χ3v) is 15.7. The molecule has 0 bridgehead atoms. The highest BCUT2D eigenvalue weighted by molar-refractivity contribution is 6.40. The highest BCUT2D eigenvalue weighted by atomic mass is 35.5. The summed E-state index contributed by atoms with van der Waals surface area (Å²) in [6, 6.07) is 77.2. The first-order chi connectivity index (χ1) is 42.7. The Labute approximate surface area is 522 Å². The third kappa shape index (κ3) is 13.6. The number of para-hydroxylation sites is 7. The van der Waals surface area contributed by atoms with Crippen LogP contribution < -0.4 is 15.5 Å². The number of benzene rings is 10. The van der Waals surface area contributed by atoms with Gasteiger partial charge < -0.3 is 15.5 Å². The van der Waals surface area contributed by atoms with E-state index in [9.17, 15) is 10.1 Å². The van der Waals surface area contributed by atoms with Crippen molar-refractivity contribution in [2.45, 2.75) is 12.8 Å². The van der Waals surface area contributed by atoms with Crippen molar-refractivity contribution in [3.8, 4) is 0 Å². The van der Waals surface area contributed by atoms with Gasteiger partial charge in [-0.15, -0.1) is 34.8 Å². The zero-order chi connectivity index (χ0) is 60.1. The van der Waals surface area contributed by atoms with Crippen LogP contribution in [-0.4, -0.2) is 55.6 Å². The van der Waals surface area contributed by atoms with Gasteiger partial charge in [0.05, 0.1) is 77.7 Å². The van der Waals surface area contributed by atoms with E-state index in [-0.39, 0.29) is 5.69 Å². The molecule has 0 aliphatic heterocycles. The van der Waals surface area contributed by atoms with E-state index < -0.39 is 4.92 Å². The molecule has 15 heteroatoms. The van der Waals surface area contributed by atoms with Gasteiger partial charge in [0.25, 0.3) is 5.69 Å². The maximum absolute atomic E-state index is 10.7. The average molecular weight is 1220 g/mol. The van der Waals surface area contributed by atoms with Crippen LogP contribution in [0.2, 0.25) is 5.02 Å². The van der Waals surface area contributed by atoms with Crippen molar-refractivity contribution in [3.05, 3.63) is 269 Å². The number of rotatable bonds is 13. The number of halogens is 4. The fraction of sp³-hybridized carbons (Fsp3) is 0.0972. The number of non-ortho nitro benzene ring substituents is 1. The molecule has 0 radical (unpaired) electrons. The molecule has 4 aromatic heterocycles. The highest BCUT2D eigenvalue weighted by Crippen LogP contribution is 2.37. The summed E-state index contributed by atoms with van der Waals surface area (Å²) in [5.74, 6) is 1.85. The third-order valence-electron chi connectivity index (χ3n) is 14.7. The Bertz CT molecular complexity index is 4650. The van der Waals surface area contributed by atoms with Crippen molar-refractivity contribution < 1.29 is 4.92 Å². The van der Waals surface area contributed by atoms with Crippen LogP contribution in [0.4, 0.5) is 39.8 Å². The van der Waals surface area contributed by atoms with Crippen LogP contribution >= 0.6 is 46.4 Å². The smallest absolute Gasteiger partial charge is 0.271 e. The van der Waals surface area contributed by atoms with E-state index in [4.69, 9.17) is 67.9 Å². The van der Waals surface area contributed by atoms with E-state index in [0.717, 1.165) is 130 Å². The van der Waals surface area contributed by atoms with Crippen LogP contribution in [0.15, 0.2) is 237 Å². The van der Waals surface area contributed by atoms with Gasteiger partial charge in [-0.2, -0.15) is 0 Å².